The molecule has 1 unspecified atom stereocenters. The molecule has 1 saturated heterocycles. The number of hydrogen-bond donors (Lipinski definition) is 2. The Morgan fingerprint density at radius 1 is 1.12 bits per heavy atom. The Kier molecular flexibility index (Phi) is 4.91. The van der Waals surface area contributed by atoms with Crippen molar-refractivity contribution in [2.24, 2.45) is 0 Å². The second kappa shape index (κ2) is 7.32. The molecule has 0 radical (unpaired) electrons. The molecule has 26 heavy (non-hydrogen) atoms. The van der Waals surface area contributed by atoms with Crippen molar-refractivity contribution in [3.63, 3.8) is 0 Å². The first-order valence-corrected chi connectivity index (χ1v) is 10.3. The van der Waals surface area contributed by atoms with Crippen LogP contribution in [0.5, 0.6) is 0 Å². The van der Waals surface area contributed by atoms with Crippen molar-refractivity contribution >= 4 is 23.7 Å². The molecule has 3 aliphatic rings. The molecule has 1 fully saturated rings. The summed E-state index contributed by atoms with van der Waals surface area (Å²) in [4.78, 5) is 30.5. The van der Waals surface area contributed by atoms with Crippen LogP contribution in [0.1, 0.15) is 24.4 Å². The summed E-state index contributed by atoms with van der Waals surface area (Å²) in [5.74, 6) is 0.0330. The average Bonchev–Trinajstić information content (AvgIpc) is 3.27. The summed E-state index contributed by atoms with van der Waals surface area (Å²) in [6, 6.07) is 7.42. The Morgan fingerprint density at radius 3 is 2.54 bits per heavy atom. The first kappa shape index (κ1) is 17.4. The number of carbonyl (C=O) groups is 2. The zero-order chi connectivity index (χ0) is 18.1. The first-order valence-electron chi connectivity index (χ1n) is 9.12. The highest BCUT2D eigenvalue weighted by Gasteiger charge is 2.40. The Bertz CT molecular complexity index is 740. The normalized spacial score (nSPS) is 23.3. The molecule has 0 aliphatic carbocycles. The van der Waals surface area contributed by atoms with Crippen molar-refractivity contribution in [2.45, 2.75) is 23.8 Å². The number of carbonyl (C=O) groups excluding carboxylic acids is 2. The summed E-state index contributed by atoms with van der Waals surface area (Å²) >= 11 is 1.67. The predicted molar refractivity (Wildman–Crippen MR) is 102 cm³/mol. The van der Waals surface area contributed by atoms with E-state index in [0.717, 1.165) is 35.8 Å². The highest BCUT2D eigenvalue weighted by molar-refractivity contribution is 7.98. The van der Waals surface area contributed by atoms with Crippen LogP contribution >= 0.6 is 11.8 Å². The highest BCUT2D eigenvalue weighted by atomic mass is 32.2. The van der Waals surface area contributed by atoms with Gasteiger partial charge in [0.05, 0.1) is 23.9 Å². The molecule has 7 heteroatoms. The van der Waals surface area contributed by atoms with Crippen molar-refractivity contribution in [1.29, 1.82) is 0 Å². The minimum absolute atomic E-state index is 0.0330. The lowest BCUT2D eigenvalue weighted by Gasteiger charge is -2.25. The van der Waals surface area contributed by atoms with Crippen LogP contribution in [0, 0.1) is 0 Å². The Hall–Kier alpha value is -1.99. The lowest BCUT2D eigenvalue weighted by molar-refractivity contribution is -0.126. The van der Waals surface area contributed by atoms with E-state index in [9.17, 15) is 9.59 Å². The summed E-state index contributed by atoms with van der Waals surface area (Å²) in [6.07, 6.45) is 4.52. The summed E-state index contributed by atoms with van der Waals surface area (Å²) in [5, 5.41) is 5.76. The molecule has 138 valence electrons. The fraction of sp³-hybridized carbons (Fsp3) is 0.474. The van der Waals surface area contributed by atoms with Gasteiger partial charge in [0.15, 0.2) is 0 Å². The second-order valence-corrected chi connectivity index (χ2v) is 7.85. The van der Waals surface area contributed by atoms with E-state index < -0.39 is 0 Å². The molecule has 0 spiro atoms. The monoisotopic (exact) mass is 372 g/mol. The number of urea groups is 1. The molecule has 0 aromatic heterocycles. The standard InChI is InChI=1S/C19H24N4O2S/c1-26-14-6-4-13(5-7-14)17-16-15(20-19(25)21-17)12-23(18(16)24)11-10-22-8-2-3-9-22/h4-7,17H,2-3,8-12H2,1H3,(H2,20,21,25). The average molecular weight is 372 g/mol. The topological polar surface area (TPSA) is 64.7 Å². The SMILES string of the molecule is CSc1ccc(C2NC(=O)NC3=C2C(=O)N(CCN2CCCC2)C3)cc1. The fourth-order valence-electron chi connectivity index (χ4n) is 3.92. The van der Waals surface area contributed by atoms with Crippen LogP contribution in [0.25, 0.3) is 0 Å². The molecule has 3 heterocycles. The molecule has 3 aliphatic heterocycles. The van der Waals surface area contributed by atoms with Crippen molar-refractivity contribution in [1.82, 2.24) is 20.4 Å². The minimum Gasteiger partial charge on any atom is -0.332 e. The summed E-state index contributed by atoms with van der Waals surface area (Å²) in [5.41, 5.74) is 2.38. The van der Waals surface area contributed by atoms with E-state index in [1.165, 1.54) is 12.8 Å². The quantitative estimate of drug-likeness (QED) is 0.776. The van der Waals surface area contributed by atoms with Crippen molar-refractivity contribution in [3.05, 3.63) is 41.1 Å². The van der Waals surface area contributed by atoms with Gasteiger partial charge in [0.25, 0.3) is 5.91 Å². The smallest absolute Gasteiger partial charge is 0.319 e. The van der Waals surface area contributed by atoms with Crippen LogP contribution in [0.3, 0.4) is 0 Å². The summed E-state index contributed by atoms with van der Waals surface area (Å²) in [6.45, 7) is 4.35. The largest absolute Gasteiger partial charge is 0.332 e. The third-order valence-electron chi connectivity index (χ3n) is 5.35. The molecular weight excluding hydrogens is 348 g/mol. The zero-order valence-electron chi connectivity index (χ0n) is 15.0. The molecule has 6 nitrogen and oxygen atoms in total. The molecule has 3 amide bonds. The van der Waals surface area contributed by atoms with Crippen molar-refractivity contribution in [3.8, 4) is 0 Å². The Labute approximate surface area is 158 Å². The lowest BCUT2D eigenvalue weighted by Crippen LogP contribution is -2.44. The van der Waals surface area contributed by atoms with Gasteiger partial charge in [-0.2, -0.15) is 0 Å². The van der Waals surface area contributed by atoms with E-state index in [1.54, 1.807) is 11.8 Å². The summed E-state index contributed by atoms with van der Waals surface area (Å²) in [7, 11) is 0. The fourth-order valence-corrected chi connectivity index (χ4v) is 4.33. The number of nitrogens with one attached hydrogen (secondary N) is 2. The Balaban J connectivity index is 1.52. The number of hydrogen-bond acceptors (Lipinski definition) is 4. The number of nitrogens with zero attached hydrogens (tertiary/aromatic N) is 2. The maximum absolute atomic E-state index is 13.0. The molecule has 1 aromatic rings. The van der Waals surface area contributed by atoms with Gasteiger partial charge in [-0.15, -0.1) is 11.8 Å². The van der Waals surface area contributed by atoms with Gasteiger partial charge >= 0.3 is 6.03 Å². The minimum atomic E-state index is -0.376. The van der Waals surface area contributed by atoms with Crippen molar-refractivity contribution < 1.29 is 9.59 Å². The number of benzene rings is 1. The van der Waals surface area contributed by atoms with E-state index in [4.69, 9.17) is 0 Å². The molecule has 0 bridgehead atoms. The number of rotatable bonds is 5. The van der Waals surface area contributed by atoms with Gasteiger partial charge in [-0.3, -0.25) is 4.79 Å². The molecule has 1 atom stereocenters. The van der Waals surface area contributed by atoms with Crippen LogP contribution in [0.2, 0.25) is 0 Å². The zero-order valence-corrected chi connectivity index (χ0v) is 15.8. The van der Waals surface area contributed by atoms with Gasteiger partial charge in [-0.25, -0.2) is 4.79 Å². The summed E-state index contributed by atoms with van der Waals surface area (Å²) < 4.78 is 0. The van der Waals surface area contributed by atoms with Gasteiger partial charge in [-0.05, 0) is 49.9 Å². The second-order valence-electron chi connectivity index (χ2n) is 6.97. The van der Waals surface area contributed by atoms with E-state index in [2.05, 4.69) is 15.5 Å². The molecule has 2 N–H and O–H groups in total. The van der Waals surface area contributed by atoms with E-state index in [1.807, 2.05) is 35.4 Å². The maximum Gasteiger partial charge on any atom is 0.319 e. The number of thioether (sulfide) groups is 1. The molecule has 4 rings (SSSR count). The van der Waals surface area contributed by atoms with Gasteiger partial charge in [0.2, 0.25) is 0 Å². The van der Waals surface area contributed by atoms with Gasteiger partial charge in [0.1, 0.15) is 0 Å². The number of amides is 3. The highest BCUT2D eigenvalue weighted by Crippen LogP contribution is 2.33. The van der Waals surface area contributed by atoms with Gasteiger partial charge in [-0.1, -0.05) is 12.1 Å². The van der Waals surface area contributed by atoms with Crippen LogP contribution in [0.15, 0.2) is 40.4 Å². The maximum atomic E-state index is 13.0. The van der Waals surface area contributed by atoms with Crippen LogP contribution in [-0.4, -0.2) is 60.7 Å². The van der Waals surface area contributed by atoms with E-state index in [-0.39, 0.29) is 18.0 Å². The van der Waals surface area contributed by atoms with E-state index >= 15 is 0 Å². The van der Waals surface area contributed by atoms with E-state index in [0.29, 0.717) is 18.7 Å². The predicted octanol–water partition coefficient (Wildman–Crippen LogP) is 1.95. The van der Waals surface area contributed by atoms with Crippen molar-refractivity contribution in [2.75, 3.05) is 39.0 Å². The lowest BCUT2D eigenvalue weighted by atomic mass is 9.96. The number of likely N-dealkylation sites (tertiary alicyclic amines) is 1. The van der Waals surface area contributed by atoms with Gasteiger partial charge < -0.3 is 20.4 Å². The molecule has 0 saturated carbocycles. The van der Waals surface area contributed by atoms with Crippen LogP contribution in [0.4, 0.5) is 4.79 Å². The Morgan fingerprint density at radius 2 is 1.85 bits per heavy atom. The third-order valence-corrected chi connectivity index (χ3v) is 6.10. The first-order chi connectivity index (χ1) is 12.7. The third kappa shape index (κ3) is 3.33. The molecule has 1 aromatic carbocycles. The van der Waals surface area contributed by atoms with Crippen LogP contribution in [-0.2, 0) is 4.79 Å². The van der Waals surface area contributed by atoms with Gasteiger partial charge in [0, 0.05) is 18.0 Å². The van der Waals surface area contributed by atoms with Crippen LogP contribution < -0.4 is 10.6 Å². The molecular formula is C19H24N4O2S.